The van der Waals surface area contributed by atoms with E-state index in [9.17, 15) is 19.8 Å². The van der Waals surface area contributed by atoms with E-state index in [1.807, 2.05) is 0 Å². The molecule has 0 aliphatic rings. The maximum Gasteiger partial charge on any atom is 0.371 e. The number of carbonyl (C=O) groups excluding carboxylic acids is 1. The van der Waals surface area contributed by atoms with Gasteiger partial charge in [0.15, 0.2) is 17.3 Å². The summed E-state index contributed by atoms with van der Waals surface area (Å²) in [7, 11) is 0. The molecule has 0 radical (unpaired) electrons. The van der Waals surface area contributed by atoms with Crippen molar-refractivity contribution in [2.45, 2.75) is 6.92 Å². The van der Waals surface area contributed by atoms with Crippen LogP contribution in [0.1, 0.15) is 22.8 Å². The van der Waals surface area contributed by atoms with Gasteiger partial charge in [-0.05, 0) is 30.7 Å². The monoisotopic (exact) mass is 298 g/mol. The van der Waals surface area contributed by atoms with E-state index < -0.39 is 5.97 Å². The van der Waals surface area contributed by atoms with Gasteiger partial charge in [-0.1, -0.05) is 36.4 Å². The van der Waals surface area contributed by atoms with Crippen LogP contribution in [0.4, 0.5) is 0 Å². The number of para-hydroxylation sites is 2. The number of Topliss-reactive ketones (excluding diaryl/α,β-unsaturated/α-hetero) is 1. The summed E-state index contributed by atoms with van der Waals surface area (Å²) in [4.78, 5) is 22.5. The van der Waals surface area contributed by atoms with Crippen LogP contribution in [0.3, 0.4) is 0 Å². The molecule has 5 heteroatoms. The first kappa shape index (κ1) is 15.3. The van der Waals surface area contributed by atoms with Crippen LogP contribution < -0.4 is 4.74 Å². The third-order valence-electron chi connectivity index (χ3n) is 2.91. The van der Waals surface area contributed by atoms with Crippen LogP contribution in [0.5, 0.6) is 11.5 Å². The highest BCUT2D eigenvalue weighted by atomic mass is 16.5. The number of aromatic hydroxyl groups is 1. The smallest absolute Gasteiger partial charge is 0.371 e. The van der Waals surface area contributed by atoms with Crippen LogP contribution in [0, 0.1) is 0 Å². The van der Waals surface area contributed by atoms with Gasteiger partial charge in [-0.15, -0.1) is 0 Å². The Balaban J connectivity index is 2.29. The van der Waals surface area contributed by atoms with Crippen LogP contribution >= 0.6 is 0 Å². The molecule has 2 aromatic carbocycles. The number of carbonyl (C=O) groups is 2. The van der Waals surface area contributed by atoms with Gasteiger partial charge in [0.1, 0.15) is 0 Å². The lowest BCUT2D eigenvalue weighted by Crippen LogP contribution is -2.07. The molecule has 22 heavy (non-hydrogen) atoms. The minimum absolute atomic E-state index is 0.0523. The molecule has 0 fully saturated rings. The van der Waals surface area contributed by atoms with E-state index >= 15 is 0 Å². The maximum absolute atomic E-state index is 11.3. The first-order chi connectivity index (χ1) is 10.5. The molecule has 0 amide bonds. The first-order valence-electron chi connectivity index (χ1n) is 6.49. The highest BCUT2D eigenvalue weighted by Gasteiger charge is 2.12. The summed E-state index contributed by atoms with van der Waals surface area (Å²) in [5.74, 6) is -1.77. The average Bonchev–Trinajstić information content (AvgIpc) is 2.49. The first-order valence-corrected chi connectivity index (χ1v) is 6.49. The van der Waals surface area contributed by atoms with Crippen molar-refractivity contribution in [1.82, 2.24) is 0 Å². The highest BCUT2D eigenvalue weighted by molar-refractivity contribution is 5.94. The topological polar surface area (TPSA) is 83.8 Å². The Morgan fingerprint density at radius 2 is 1.68 bits per heavy atom. The minimum Gasteiger partial charge on any atom is -0.504 e. The van der Waals surface area contributed by atoms with Crippen molar-refractivity contribution in [3.8, 4) is 11.5 Å². The molecule has 0 aromatic heterocycles. The van der Waals surface area contributed by atoms with E-state index in [2.05, 4.69) is 0 Å². The average molecular weight is 298 g/mol. The van der Waals surface area contributed by atoms with Gasteiger partial charge in [0.25, 0.3) is 0 Å². The molecule has 112 valence electrons. The summed E-state index contributed by atoms with van der Waals surface area (Å²) >= 11 is 0. The molecule has 0 saturated carbocycles. The largest absolute Gasteiger partial charge is 0.504 e. The molecule has 5 nitrogen and oxygen atoms in total. The summed E-state index contributed by atoms with van der Waals surface area (Å²) in [6, 6.07) is 12.5. The van der Waals surface area contributed by atoms with Gasteiger partial charge in [-0.3, -0.25) is 4.79 Å². The second-order valence-electron chi connectivity index (χ2n) is 4.56. The van der Waals surface area contributed by atoms with Crippen LogP contribution in [-0.2, 0) is 4.79 Å². The molecule has 0 aliphatic heterocycles. The summed E-state index contributed by atoms with van der Waals surface area (Å²) < 4.78 is 5.23. The maximum atomic E-state index is 11.3. The molecule has 0 unspecified atom stereocenters. The Morgan fingerprint density at radius 1 is 1.05 bits per heavy atom. The quantitative estimate of drug-likeness (QED) is 0.503. The fourth-order valence-corrected chi connectivity index (χ4v) is 1.76. The summed E-state index contributed by atoms with van der Waals surface area (Å²) in [6.45, 7) is 1.45. The predicted octanol–water partition coefficient (Wildman–Crippen LogP) is 3.10. The van der Waals surface area contributed by atoms with E-state index in [4.69, 9.17) is 4.74 Å². The zero-order valence-electron chi connectivity index (χ0n) is 11.8. The fraction of sp³-hybridized carbons (Fsp3) is 0.0588. The van der Waals surface area contributed by atoms with Gasteiger partial charge in [-0.25, -0.2) is 4.79 Å². The van der Waals surface area contributed by atoms with Crippen LogP contribution in [0.2, 0.25) is 0 Å². The Labute approximate surface area is 127 Å². The predicted molar refractivity (Wildman–Crippen MR) is 80.8 cm³/mol. The number of carboxylic acids is 1. The van der Waals surface area contributed by atoms with Crippen molar-refractivity contribution in [3.63, 3.8) is 0 Å². The zero-order chi connectivity index (χ0) is 16.1. The molecular weight excluding hydrogens is 284 g/mol. The van der Waals surface area contributed by atoms with E-state index in [1.165, 1.54) is 25.1 Å². The molecule has 2 rings (SSSR count). The Kier molecular flexibility index (Phi) is 4.58. The molecule has 0 bridgehead atoms. The molecule has 0 saturated heterocycles. The van der Waals surface area contributed by atoms with Crippen molar-refractivity contribution >= 4 is 17.8 Å². The van der Waals surface area contributed by atoms with Crippen LogP contribution in [0.15, 0.2) is 54.3 Å². The lowest BCUT2D eigenvalue weighted by atomic mass is 10.1. The number of phenols is 1. The highest BCUT2D eigenvalue weighted by Crippen LogP contribution is 2.27. The van der Waals surface area contributed by atoms with Crippen molar-refractivity contribution in [2.75, 3.05) is 0 Å². The van der Waals surface area contributed by atoms with Crippen molar-refractivity contribution < 1.29 is 24.5 Å². The number of phenolic OH excluding ortho intramolecular Hbond substituents is 1. The normalized spacial score (nSPS) is 11.0. The fourth-order valence-electron chi connectivity index (χ4n) is 1.76. The molecule has 0 heterocycles. The standard InChI is InChI=1S/C17H14O5/c1-11(18)13-8-6-12(7-9-13)10-16(17(20)21)22-15-5-3-2-4-14(15)19/h2-10,19H,1H3,(H,20,21). The summed E-state index contributed by atoms with van der Waals surface area (Å²) in [6.07, 6.45) is 1.32. The van der Waals surface area contributed by atoms with E-state index in [-0.39, 0.29) is 23.0 Å². The zero-order valence-corrected chi connectivity index (χ0v) is 11.8. The van der Waals surface area contributed by atoms with Crippen molar-refractivity contribution in [2.24, 2.45) is 0 Å². The van der Waals surface area contributed by atoms with Crippen LogP contribution in [0.25, 0.3) is 6.08 Å². The van der Waals surface area contributed by atoms with Gasteiger partial charge in [0.05, 0.1) is 0 Å². The molecule has 0 aliphatic carbocycles. The number of ether oxygens (including phenoxy) is 1. The summed E-state index contributed by atoms with van der Waals surface area (Å²) in [5, 5.41) is 18.8. The third kappa shape index (κ3) is 3.73. The Bertz CT molecular complexity index is 729. The van der Waals surface area contributed by atoms with E-state index in [1.54, 1.807) is 36.4 Å². The number of ketones is 1. The Morgan fingerprint density at radius 3 is 2.23 bits per heavy atom. The van der Waals surface area contributed by atoms with Crippen LogP contribution in [-0.4, -0.2) is 22.0 Å². The number of aliphatic carboxylic acids is 1. The van der Waals surface area contributed by atoms with Crippen molar-refractivity contribution in [1.29, 1.82) is 0 Å². The molecule has 0 atom stereocenters. The molecular formula is C17H14O5. The molecule has 0 spiro atoms. The third-order valence-corrected chi connectivity index (χ3v) is 2.91. The van der Waals surface area contributed by atoms with Gasteiger partial charge in [0.2, 0.25) is 5.76 Å². The SMILES string of the molecule is CC(=O)c1ccc(C=C(Oc2ccccc2O)C(=O)O)cc1. The van der Waals surface area contributed by atoms with E-state index in [0.29, 0.717) is 11.1 Å². The number of rotatable bonds is 5. The molecule has 2 aromatic rings. The number of carboxylic acid groups (broad SMARTS) is 1. The van der Waals surface area contributed by atoms with E-state index in [0.717, 1.165) is 0 Å². The van der Waals surface area contributed by atoms with Gasteiger partial charge < -0.3 is 14.9 Å². The van der Waals surface area contributed by atoms with Gasteiger partial charge >= 0.3 is 5.97 Å². The number of hydrogen-bond acceptors (Lipinski definition) is 4. The van der Waals surface area contributed by atoms with Crippen molar-refractivity contribution in [3.05, 3.63) is 65.4 Å². The minimum atomic E-state index is -1.26. The molecule has 2 N–H and O–H groups in total. The summed E-state index contributed by atoms with van der Waals surface area (Å²) in [5.41, 5.74) is 1.11. The lowest BCUT2D eigenvalue weighted by Gasteiger charge is -2.08. The lowest BCUT2D eigenvalue weighted by molar-refractivity contribution is -0.134. The van der Waals surface area contributed by atoms with Gasteiger partial charge in [-0.2, -0.15) is 0 Å². The van der Waals surface area contributed by atoms with Gasteiger partial charge in [0, 0.05) is 5.56 Å². The second kappa shape index (κ2) is 6.58. The number of benzene rings is 2. The Hall–Kier alpha value is -3.08. The second-order valence-corrected chi connectivity index (χ2v) is 4.56. The number of hydrogen-bond donors (Lipinski definition) is 2.